The monoisotopic (exact) mass is 336 g/mol. The van der Waals surface area contributed by atoms with Crippen LogP contribution in [-0.2, 0) is 4.79 Å². The number of amides is 1. The second kappa shape index (κ2) is 8.06. The van der Waals surface area contributed by atoms with Crippen molar-refractivity contribution in [2.24, 2.45) is 0 Å². The fourth-order valence-corrected chi connectivity index (χ4v) is 2.72. The lowest BCUT2D eigenvalue weighted by molar-refractivity contribution is -0.116. The molecule has 2 aromatic carbocycles. The zero-order valence-electron chi connectivity index (χ0n) is 12.4. The van der Waals surface area contributed by atoms with Crippen molar-refractivity contribution in [3.05, 3.63) is 58.6 Å². The van der Waals surface area contributed by atoms with Gasteiger partial charge in [-0.05, 0) is 37.3 Å². The van der Waals surface area contributed by atoms with E-state index in [1.54, 1.807) is 18.2 Å². The Morgan fingerprint density at radius 2 is 1.73 bits per heavy atom. The molecular formula is C17H18Cl2N2O. The summed E-state index contributed by atoms with van der Waals surface area (Å²) >= 11 is 11.8. The first-order valence-electron chi connectivity index (χ1n) is 7.14. The molecule has 1 N–H and O–H groups in total. The highest BCUT2D eigenvalue weighted by Crippen LogP contribution is 2.22. The van der Waals surface area contributed by atoms with Gasteiger partial charge in [0.1, 0.15) is 0 Å². The zero-order valence-corrected chi connectivity index (χ0v) is 13.9. The van der Waals surface area contributed by atoms with Crippen LogP contribution < -0.4 is 10.2 Å². The number of hydrogen-bond donors (Lipinski definition) is 1. The van der Waals surface area contributed by atoms with Crippen molar-refractivity contribution in [3.63, 3.8) is 0 Å². The van der Waals surface area contributed by atoms with E-state index in [1.165, 1.54) is 0 Å². The molecule has 0 spiro atoms. The van der Waals surface area contributed by atoms with Crippen molar-refractivity contribution in [2.45, 2.75) is 13.3 Å². The number of para-hydroxylation sites is 1. The molecule has 0 aliphatic rings. The molecular weight excluding hydrogens is 319 g/mol. The highest BCUT2D eigenvalue weighted by molar-refractivity contribution is 6.35. The average molecular weight is 337 g/mol. The summed E-state index contributed by atoms with van der Waals surface area (Å²) in [4.78, 5) is 14.2. The number of rotatable bonds is 6. The topological polar surface area (TPSA) is 32.3 Å². The van der Waals surface area contributed by atoms with Crippen LogP contribution in [0.4, 0.5) is 11.4 Å². The summed E-state index contributed by atoms with van der Waals surface area (Å²) in [6.45, 7) is 3.57. The number of anilines is 2. The van der Waals surface area contributed by atoms with Crippen LogP contribution in [0.15, 0.2) is 48.5 Å². The van der Waals surface area contributed by atoms with Gasteiger partial charge in [-0.25, -0.2) is 0 Å². The van der Waals surface area contributed by atoms with Crippen molar-refractivity contribution in [1.82, 2.24) is 0 Å². The van der Waals surface area contributed by atoms with E-state index >= 15 is 0 Å². The molecule has 0 atom stereocenters. The minimum Gasteiger partial charge on any atom is -0.371 e. The Bertz CT molecular complexity index is 612. The molecule has 0 saturated carbocycles. The minimum absolute atomic E-state index is 0.0623. The summed E-state index contributed by atoms with van der Waals surface area (Å²) in [6, 6.07) is 15.0. The van der Waals surface area contributed by atoms with Crippen LogP contribution in [-0.4, -0.2) is 19.0 Å². The molecule has 0 heterocycles. The van der Waals surface area contributed by atoms with Crippen LogP contribution in [0, 0.1) is 0 Å². The second-order valence-corrected chi connectivity index (χ2v) is 5.74. The number of nitrogens with zero attached hydrogens (tertiary/aromatic N) is 1. The Kier molecular flexibility index (Phi) is 6.10. The standard InChI is InChI=1S/C17H18Cl2N2O/c1-2-21(16-6-4-3-5-7-16)9-8-17(22)20-15-11-13(18)10-14(19)12-15/h3-7,10-12H,2,8-9H2,1H3,(H,20,22). The molecule has 0 saturated heterocycles. The number of benzene rings is 2. The number of carbonyl (C=O) groups excluding carboxylic acids is 1. The van der Waals surface area contributed by atoms with Crippen LogP contribution in [0.3, 0.4) is 0 Å². The van der Waals surface area contributed by atoms with E-state index in [1.807, 2.05) is 30.3 Å². The lowest BCUT2D eigenvalue weighted by Crippen LogP contribution is -2.27. The predicted octanol–water partition coefficient (Wildman–Crippen LogP) is 4.85. The van der Waals surface area contributed by atoms with E-state index < -0.39 is 0 Å². The van der Waals surface area contributed by atoms with Gasteiger partial charge in [0.2, 0.25) is 5.91 Å². The normalized spacial score (nSPS) is 10.3. The SMILES string of the molecule is CCN(CCC(=O)Nc1cc(Cl)cc(Cl)c1)c1ccccc1. The van der Waals surface area contributed by atoms with Gasteiger partial charge in [-0.2, -0.15) is 0 Å². The number of halogens is 2. The van der Waals surface area contributed by atoms with E-state index in [-0.39, 0.29) is 5.91 Å². The van der Waals surface area contributed by atoms with Crippen molar-refractivity contribution in [1.29, 1.82) is 0 Å². The average Bonchev–Trinajstić information content (AvgIpc) is 2.48. The van der Waals surface area contributed by atoms with Gasteiger partial charge < -0.3 is 10.2 Å². The minimum atomic E-state index is -0.0623. The smallest absolute Gasteiger partial charge is 0.226 e. The molecule has 0 fully saturated rings. The third-order valence-electron chi connectivity index (χ3n) is 3.26. The highest BCUT2D eigenvalue weighted by Gasteiger charge is 2.08. The van der Waals surface area contributed by atoms with Crippen molar-refractivity contribution in [3.8, 4) is 0 Å². The molecule has 5 heteroatoms. The molecule has 0 aromatic heterocycles. The summed E-state index contributed by atoms with van der Waals surface area (Å²) in [6.07, 6.45) is 0.396. The van der Waals surface area contributed by atoms with Gasteiger partial charge in [-0.1, -0.05) is 41.4 Å². The molecule has 22 heavy (non-hydrogen) atoms. The Morgan fingerprint density at radius 1 is 1.09 bits per heavy atom. The first kappa shape index (κ1) is 16.7. The molecule has 2 rings (SSSR count). The first-order valence-corrected chi connectivity index (χ1v) is 7.90. The van der Waals surface area contributed by atoms with Crippen LogP contribution in [0.1, 0.15) is 13.3 Å². The lowest BCUT2D eigenvalue weighted by atomic mass is 10.2. The van der Waals surface area contributed by atoms with Gasteiger partial charge in [-0.3, -0.25) is 4.79 Å². The zero-order chi connectivity index (χ0) is 15.9. The molecule has 0 aliphatic carbocycles. The van der Waals surface area contributed by atoms with E-state index in [2.05, 4.69) is 17.1 Å². The first-order chi connectivity index (χ1) is 10.6. The van der Waals surface area contributed by atoms with Crippen molar-refractivity contribution < 1.29 is 4.79 Å². The molecule has 2 aromatic rings. The number of carbonyl (C=O) groups is 1. The van der Waals surface area contributed by atoms with Gasteiger partial charge in [0, 0.05) is 40.9 Å². The Morgan fingerprint density at radius 3 is 2.32 bits per heavy atom. The lowest BCUT2D eigenvalue weighted by Gasteiger charge is -2.22. The maximum Gasteiger partial charge on any atom is 0.226 e. The maximum atomic E-state index is 12.1. The van der Waals surface area contributed by atoms with E-state index in [9.17, 15) is 4.79 Å². The van der Waals surface area contributed by atoms with E-state index in [0.29, 0.717) is 28.7 Å². The van der Waals surface area contributed by atoms with Crippen LogP contribution in [0.2, 0.25) is 10.0 Å². The largest absolute Gasteiger partial charge is 0.371 e. The summed E-state index contributed by atoms with van der Waals surface area (Å²) in [5.41, 5.74) is 1.73. The Labute approximate surface area is 140 Å². The van der Waals surface area contributed by atoms with Crippen molar-refractivity contribution >= 4 is 40.5 Å². The third kappa shape index (κ3) is 4.93. The van der Waals surface area contributed by atoms with Crippen LogP contribution >= 0.6 is 23.2 Å². The molecule has 0 bridgehead atoms. The highest BCUT2D eigenvalue weighted by atomic mass is 35.5. The quantitative estimate of drug-likeness (QED) is 0.817. The van der Waals surface area contributed by atoms with Gasteiger partial charge in [0.15, 0.2) is 0 Å². The summed E-state index contributed by atoms with van der Waals surface area (Å²) < 4.78 is 0. The fraction of sp³-hybridized carbons (Fsp3) is 0.235. The number of nitrogens with one attached hydrogen (secondary N) is 1. The molecule has 0 unspecified atom stereocenters. The Balaban J connectivity index is 1.91. The Hall–Kier alpha value is -1.71. The summed E-state index contributed by atoms with van der Waals surface area (Å²) in [5, 5.41) is 3.82. The predicted molar refractivity (Wildman–Crippen MR) is 94.0 cm³/mol. The van der Waals surface area contributed by atoms with Gasteiger partial charge in [0.25, 0.3) is 0 Å². The molecule has 0 aliphatic heterocycles. The van der Waals surface area contributed by atoms with Gasteiger partial charge >= 0.3 is 0 Å². The molecule has 116 valence electrons. The van der Waals surface area contributed by atoms with E-state index in [4.69, 9.17) is 23.2 Å². The van der Waals surface area contributed by atoms with Crippen LogP contribution in [0.25, 0.3) is 0 Å². The maximum absolute atomic E-state index is 12.1. The van der Waals surface area contributed by atoms with Gasteiger partial charge in [0.05, 0.1) is 0 Å². The molecule has 1 amide bonds. The fourth-order valence-electron chi connectivity index (χ4n) is 2.19. The van der Waals surface area contributed by atoms with Crippen LogP contribution in [0.5, 0.6) is 0 Å². The molecule has 0 radical (unpaired) electrons. The second-order valence-electron chi connectivity index (χ2n) is 4.87. The van der Waals surface area contributed by atoms with Crippen molar-refractivity contribution in [2.75, 3.05) is 23.3 Å². The molecule has 3 nitrogen and oxygen atoms in total. The summed E-state index contributed by atoms with van der Waals surface area (Å²) in [5.74, 6) is -0.0623. The summed E-state index contributed by atoms with van der Waals surface area (Å²) in [7, 11) is 0. The third-order valence-corrected chi connectivity index (χ3v) is 3.69. The number of hydrogen-bond acceptors (Lipinski definition) is 2. The van der Waals surface area contributed by atoms with Gasteiger partial charge in [-0.15, -0.1) is 0 Å². The van der Waals surface area contributed by atoms with E-state index in [0.717, 1.165) is 12.2 Å².